The van der Waals surface area contributed by atoms with Crippen LogP contribution in [0.2, 0.25) is 0 Å². The Labute approximate surface area is 172 Å². The molecule has 2 aromatic rings. The van der Waals surface area contributed by atoms with Gasteiger partial charge in [-0.1, -0.05) is 56.2 Å². The van der Waals surface area contributed by atoms with E-state index in [1.54, 1.807) is 12.1 Å². The zero-order valence-corrected chi connectivity index (χ0v) is 17.5. The number of allylic oxidation sites excluding steroid dienone is 3. The van der Waals surface area contributed by atoms with Crippen LogP contribution in [0.1, 0.15) is 69.9 Å². The standard InChI is InChI=1S/C26H31F3/c1-3-5-6-8-19-11-15-22-21(17-19)14-16-23(25(22)28)26(29)24(27)20-12-9-18(7-4-2)10-13-20/h3,5,11,14-18,20H,4,6-10,12-13H2,1-2H3/b5-3+,26-24?. The lowest BCUT2D eigenvalue weighted by Crippen LogP contribution is -2.15. The molecule has 0 amide bonds. The van der Waals surface area contributed by atoms with Gasteiger partial charge in [0.05, 0.1) is 0 Å². The fourth-order valence-electron chi connectivity index (χ4n) is 4.50. The molecule has 0 radical (unpaired) electrons. The third-order valence-electron chi connectivity index (χ3n) is 6.20. The van der Waals surface area contributed by atoms with Gasteiger partial charge in [-0.05, 0) is 68.4 Å². The van der Waals surface area contributed by atoms with E-state index in [-0.39, 0.29) is 5.56 Å². The molecule has 0 bridgehead atoms. The fraction of sp³-hybridized carbons (Fsp3) is 0.462. The first-order valence-corrected chi connectivity index (χ1v) is 10.9. The van der Waals surface area contributed by atoms with Crippen LogP contribution >= 0.6 is 0 Å². The smallest absolute Gasteiger partial charge is 0.165 e. The number of hydrogen-bond donors (Lipinski definition) is 0. The van der Waals surface area contributed by atoms with Crippen molar-refractivity contribution in [3.63, 3.8) is 0 Å². The van der Waals surface area contributed by atoms with Gasteiger partial charge in [0.15, 0.2) is 5.83 Å². The number of halogens is 3. The Bertz CT molecular complexity index is 886. The lowest BCUT2D eigenvalue weighted by atomic mass is 9.79. The molecule has 2 aromatic carbocycles. The second-order valence-corrected chi connectivity index (χ2v) is 8.26. The molecular formula is C26H31F3. The van der Waals surface area contributed by atoms with Crippen LogP contribution in [0, 0.1) is 17.7 Å². The van der Waals surface area contributed by atoms with Crippen LogP contribution in [0.15, 0.2) is 48.3 Å². The Kier molecular flexibility index (Phi) is 7.57. The maximum atomic E-state index is 15.0. The normalized spacial score (nSPS) is 21.0. The monoisotopic (exact) mass is 400 g/mol. The van der Waals surface area contributed by atoms with Crippen molar-refractivity contribution in [3.05, 3.63) is 65.3 Å². The number of hydrogen-bond acceptors (Lipinski definition) is 0. The molecule has 0 aromatic heterocycles. The van der Waals surface area contributed by atoms with E-state index in [4.69, 9.17) is 0 Å². The molecule has 1 aliphatic carbocycles. The third-order valence-corrected chi connectivity index (χ3v) is 6.20. The zero-order valence-electron chi connectivity index (χ0n) is 17.5. The SMILES string of the molecule is C/C=C/CCc1ccc2c(F)c(C(F)=C(F)C3CCC(CCC)CC3)ccc2c1. The molecule has 29 heavy (non-hydrogen) atoms. The minimum atomic E-state index is -1.03. The van der Waals surface area contributed by atoms with Crippen molar-refractivity contribution in [2.45, 2.75) is 65.2 Å². The molecule has 3 heteroatoms. The summed E-state index contributed by atoms with van der Waals surface area (Å²) in [6.07, 6.45) is 11.3. The number of benzene rings is 2. The molecule has 0 saturated heterocycles. The molecule has 0 heterocycles. The summed E-state index contributed by atoms with van der Waals surface area (Å²) in [6.45, 7) is 4.13. The average Bonchev–Trinajstić information content (AvgIpc) is 2.74. The van der Waals surface area contributed by atoms with E-state index in [9.17, 15) is 13.2 Å². The lowest BCUT2D eigenvalue weighted by Gasteiger charge is -2.27. The van der Waals surface area contributed by atoms with Gasteiger partial charge in [-0.2, -0.15) is 0 Å². The Hall–Kier alpha value is -2.03. The topological polar surface area (TPSA) is 0 Å². The van der Waals surface area contributed by atoms with E-state index in [0.29, 0.717) is 24.1 Å². The zero-order chi connectivity index (χ0) is 20.8. The predicted molar refractivity (Wildman–Crippen MR) is 117 cm³/mol. The summed E-state index contributed by atoms with van der Waals surface area (Å²) >= 11 is 0. The van der Waals surface area contributed by atoms with Crippen LogP contribution in [-0.4, -0.2) is 0 Å². The molecule has 1 aliphatic rings. The maximum absolute atomic E-state index is 15.0. The molecule has 3 rings (SSSR count). The van der Waals surface area contributed by atoms with Crippen LogP contribution in [0.4, 0.5) is 13.2 Å². The number of aryl methyl sites for hydroxylation is 1. The summed E-state index contributed by atoms with van der Waals surface area (Å²) in [4.78, 5) is 0. The molecule has 0 aliphatic heterocycles. The molecule has 1 fully saturated rings. The third kappa shape index (κ3) is 5.12. The van der Waals surface area contributed by atoms with Gasteiger partial charge in [-0.3, -0.25) is 0 Å². The van der Waals surface area contributed by atoms with Crippen molar-refractivity contribution in [1.29, 1.82) is 0 Å². The maximum Gasteiger partial charge on any atom is 0.165 e. The van der Waals surface area contributed by atoms with Crippen LogP contribution < -0.4 is 0 Å². The molecule has 1 saturated carbocycles. The first-order chi connectivity index (χ1) is 14.0. The van der Waals surface area contributed by atoms with E-state index < -0.39 is 23.4 Å². The van der Waals surface area contributed by atoms with E-state index in [1.165, 1.54) is 6.07 Å². The fourth-order valence-corrected chi connectivity index (χ4v) is 4.50. The first-order valence-electron chi connectivity index (χ1n) is 10.9. The van der Waals surface area contributed by atoms with E-state index in [2.05, 4.69) is 13.0 Å². The van der Waals surface area contributed by atoms with Crippen molar-refractivity contribution < 1.29 is 13.2 Å². The van der Waals surface area contributed by atoms with Gasteiger partial charge in [0.2, 0.25) is 0 Å². The van der Waals surface area contributed by atoms with Gasteiger partial charge < -0.3 is 0 Å². The van der Waals surface area contributed by atoms with Crippen LogP contribution in [0.25, 0.3) is 16.6 Å². The van der Waals surface area contributed by atoms with Gasteiger partial charge in [0.1, 0.15) is 11.6 Å². The highest BCUT2D eigenvalue weighted by molar-refractivity contribution is 5.87. The highest BCUT2D eigenvalue weighted by Crippen LogP contribution is 2.40. The van der Waals surface area contributed by atoms with Gasteiger partial charge in [0, 0.05) is 16.9 Å². The molecule has 0 atom stereocenters. The van der Waals surface area contributed by atoms with Crippen molar-refractivity contribution in [2.75, 3.05) is 0 Å². The van der Waals surface area contributed by atoms with Crippen molar-refractivity contribution in [3.8, 4) is 0 Å². The van der Waals surface area contributed by atoms with Crippen LogP contribution in [0.3, 0.4) is 0 Å². The quantitative estimate of drug-likeness (QED) is 0.408. The summed E-state index contributed by atoms with van der Waals surface area (Å²) in [5, 5.41) is 1.06. The minimum absolute atomic E-state index is 0.257. The van der Waals surface area contributed by atoms with Crippen molar-refractivity contribution >= 4 is 16.6 Å². The number of fused-ring (bicyclic) bond motifs is 1. The van der Waals surface area contributed by atoms with E-state index in [0.717, 1.165) is 49.5 Å². The molecule has 0 nitrogen and oxygen atoms in total. The Morgan fingerprint density at radius 1 is 1.07 bits per heavy atom. The summed E-state index contributed by atoms with van der Waals surface area (Å²) < 4.78 is 44.7. The number of rotatable bonds is 7. The predicted octanol–water partition coefficient (Wildman–Crippen LogP) is 8.70. The highest BCUT2D eigenvalue weighted by atomic mass is 19.2. The van der Waals surface area contributed by atoms with Crippen molar-refractivity contribution in [1.82, 2.24) is 0 Å². The van der Waals surface area contributed by atoms with Crippen molar-refractivity contribution in [2.24, 2.45) is 11.8 Å². The van der Waals surface area contributed by atoms with Gasteiger partial charge in [0.25, 0.3) is 0 Å². The Morgan fingerprint density at radius 3 is 2.52 bits per heavy atom. The molecule has 0 unspecified atom stereocenters. The van der Waals surface area contributed by atoms with E-state index >= 15 is 0 Å². The molecular weight excluding hydrogens is 369 g/mol. The van der Waals surface area contributed by atoms with Crippen LogP contribution in [0.5, 0.6) is 0 Å². The molecule has 0 spiro atoms. The average molecular weight is 401 g/mol. The molecule has 0 N–H and O–H groups in total. The van der Waals surface area contributed by atoms with Gasteiger partial charge in [-0.25, -0.2) is 13.2 Å². The molecule has 156 valence electrons. The Morgan fingerprint density at radius 2 is 1.83 bits per heavy atom. The minimum Gasteiger partial charge on any atom is -0.208 e. The highest BCUT2D eigenvalue weighted by Gasteiger charge is 2.27. The lowest BCUT2D eigenvalue weighted by molar-refractivity contribution is 0.261. The summed E-state index contributed by atoms with van der Waals surface area (Å²) in [5.41, 5.74) is 0.848. The largest absolute Gasteiger partial charge is 0.208 e. The van der Waals surface area contributed by atoms with E-state index in [1.807, 2.05) is 25.1 Å². The van der Waals surface area contributed by atoms with Crippen LogP contribution in [-0.2, 0) is 6.42 Å². The second kappa shape index (κ2) is 10.1. The first kappa shape index (κ1) is 21.7. The Balaban J connectivity index is 1.82. The van der Waals surface area contributed by atoms with Gasteiger partial charge >= 0.3 is 0 Å². The summed E-state index contributed by atoms with van der Waals surface area (Å²) in [6, 6.07) is 8.55. The van der Waals surface area contributed by atoms with Gasteiger partial charge in [-0.15, -0.1) is 0 Å². The summed E-state index contributed by atoms with van der Waals surface area (Å²) in [5.74, 6) is -2.28. The second-order valence-electron chi connectivity index (χ2n) is 8.26. The summed E-state index contributed by atoms with van der Waals surface area (Å²) in [7, 11) is 0.